The molecule has 0 amide bonds. The molecule has 0 bridgehead atoms. The molecule has 0 unspecified atom stereocenters. The summed E-state index contributed by atoms with van der Waals surface area (Å²) in [6.45, 7) is 0. The topological polar surface area (TPSA) is 29.5 Å². The molecule has 2 aromatic heterocycles. The third kappa shape index (κ3) is 4.68. The number of para-hydroxylation sites is 2. The van der Waals surface area contributed by atoms with E-state index in [1.165, 1.54) is 27.1 Å². The van der Waals surface area contributed by atoms with E-state index in [4.69, 9.17) is 8.83 Å². The maximum Gasteiger partial charge on any atom is 0.145 e. The van der Waals surface area contributed by atoms with E-state index < -0.39 is 0 Å². The molecule has 0 radical (unpaired) electrons. The summed E-state index contributed by atoms with van der Waals surface area (Å²) in [5.41, 5.74) is 11.1. The first-order chi connectivity index (χ1) is 26.3. The zero-order chi connectivity index (χ0) is 34.9. The van der Waals surface area contributed by atoms with Crippen molar-refractivity contribution in [2.24, 2.45) is 0 Å². The first kappa shape index (κ1) is 29.6. The highest BCUT2D eigenvalue weighted by Gasteiger charge is 2.24. The van der Waals surface area contributed by atoms with E-state index in [9.17, 15) is 0 Å². The summed E-state index contributed by atoms with van der Waals surface area (Å²) in [6, 6.07) is 66.7. The number of anilines is 3. The van der Waals surface area contributed by atoms with Crippen LogP contribution in [0.1, 0.15) is 0 Å². The van der Waals surface area contributed by atoms with Gasteiger partial charge >= 0.3 is 0 Å². The Kier molecular flexibility index (Phi) is 6.55. The van der Waals surface area contributed by atoms with Crippen molar-refractivity contribution in [2.75, 3.05) is 4.90 Å². The summed E-state index contributed by atoms with van der Waals surface area (Å²) in [5, 5.41) is 9.33. The summed E-state index contributed by atoms with van der Waals surface area (Å²) in [6.07, 6.45) is 0. The molecule has 0 saturated carbocycles. The van der Waals surface area contributed by atoms with Crippen LogP contribution in [0.5, 0.6) is 0 Å². The molecule has 11 rings (SSSR count). The van der Waals surface area contributed by atoms with Crippen molar-refractivity contribution in [3.05, 3.63) is 188 Å². The van der Waals surface area contributed by atoms with Gasteiger partial charge in [0.25, 0.3) is 0 Å². The lowest BCUT2D eigenvalue weighted by Gasteiger charge is -2.27. The molecule has 2 heterocycles. The molecule has 0 saturated heterocycles. The third-order valence-corrected chi connectivity index (χ3v) is 10.7. The van der Waals surface area contributed by atoms with Crippen LogP contribution in [-0.2, 0) is 0 Å². The number of benzene rings is 9. The minimum absolute atomic E-state index is 0.850. The number of hydrogen-bond donors (Lipinski definition) is 0. The first-order valence-electron chi connectivity index (χ1n) is 18.0. The van der Waals surface area contributed by atoms with Crippen molar-refractivity contribution in [2.45, 2.75) is 0 Å². The van der Waals surface area contributed by atoms with Crippen molar-refractivity contribution in [3.63, 3.8) is 0 Å². The number of nitrogens with zero attached hydrogens (tertiary/aromatic N) is 1. The van der Waals surface area contributed by atoms with Crippen molar-refractivity contribution < 1.29 is 8.83 Å². The van der Waals surface area contributed by atoms with E-state index >= 15 is 0 Å². The molecule has 9 aromatic carbocycles. The van der Waals surface area contributed by atoms with Gasteiger partial charge in [-0.1, -0.05) is 133 Å². The minimum Gasteiger partial charge on any atom is -0.456 e. The van der Waals surface area contributed by atoms with Crippen LogP contribution in [0.3, 0.4) is 0 Å². The average Bonchev–Trinajstić information content (AvgIpc) is 3.81. The van der Waals surface area contributed by atoms with Gasteiger partial charge in [-0.3, -0.25) is 0 Å². The summed E-state index contributed by atoms with van der Waals surface area (Å²) < 4.78 is 13.2. The van der Waals surface area contributed by atoms with Crippen LogP contribution in [0.2, 0.25) is 0 Å². The molecule has 0 aliphatic rings. The molecule has 3 heteroatoms. The molecule has 0 atom stereocenters. The number of hydrogen-bond acceptors (Lipinski definition) is 3. The van der Waals surface area contributed by atoms with Crippen molar-refractivity contribution in [1.82, 2.24) is 0 Å². The van der Waals surface area contributed by atoms with E-state index in [-0.39, 0.29) is 0 Å². The lowest BCUT2D eigenvalue weighted by atomic mass is 9.97. The Labute approximate surface area is 305 Å². The molecule has 0 fully saturated rings. The molecule has 11 aromatic rings. The highest BCUT2D eigenvalue weighted by Crippen LogP contribution is 2.49. The second kappa shape index (κ2) is 11.7. The van der Waals surface area contributed by atoms with Crippen LogP contribution < -0.4 is 4.90 Å². The third-order valence-electron chi connectivity index (χ3n) is 10.7. The maximum atomic E-state index is 6.74. The van der Waals surface area contributed by atoms with Crippen LogP contribution in [0.4, 0.5) is 17.1 Å². The molecule has 53 heavy (non-hydrogen) atoms. The fourth-order valence-corrected chi connectivity index (χ4v) is 8.19. The first-order valence-corrected chi connectivity index (χ1v) is 18.0. The second-order valence-corrected chi connectivity index (χ2v) is 13.7. The summed E-state index contributed by atoms with van der Waals surface area (Å²) >= 11 is 0. The van der Waals surface area contributed by atoms with Crippen LogP contribution in [0.25, 0.3) is 87.7 Å². The molecule has 0 spiro atoms. The van der Waals surface area contributed by atoms with Gasteiger partial charge in [0.15, 0.2) is 0 Å². The standard InChI is InChI=1S/C50H31NO2/c1-2-11-33(12-3-1)40-29-30-44(49-42-16-7-9-19-46(42)53-50(40)49)51(43-17-10-20-47-48(43)41-15-6-8-18-45(41)52-47)37-26-23-32(24-27-37)35-25-28-39-36(31-35)22-21-34-13-4-5-14-38(34)39/h1-31H. The van der Waals surface area contributed by atoms with Gasteiger partial charge < -0.3 is 13.7 Å². The maximum absolute atomic E-state index is 6.74. The minimum atomic E-state index is 0.850. The summed E-state index contributed by atoms with van der Waals surface area (Å²) in [5.74, 6) is 0. The van der Waals surface area contributed by atoms with Crippen LogP contribution in [0, 0.1) is 0 Å². The van der Waals surface area contributed by atoms with E-state index in [0.717, 1.165) is 77.6 Å². The lowest BCUT2D eigenvalue weighted by molar-refractivity contribution is 0.669. The molecule has 0 N–H and O–H groups in total. The van der Waals surface area contributed by atoms with E-state index in [1.807, 2.05) is 18.2 Å². The molecule has 0 aliphatic heterocycles. The van der Waals surface area contributed by atoms with Crippen molar-refractivity contribution in [1.29, 1.82) is 0 Å². The fourth-order valence-electron chi connectivity index (χ4n) is 8.19. The highest BCUT2D eigenvalue weighted by molar-refractivity contribution is 6.20. The number of fused-ring (bicyclic) bond motifs is 9. The largest absolute Gasteiger partial charge is 0.456 e. The van der Waals surface area contributed by atoms with Gasteiger partial charge in [-0.15, -0.1) is 0 Å². The van der Waals surface area contributed by atoms with E-state index in [2.05, 4.69) is 175 Å². The average molecular weight is 678 g/mol. The Bertz CT molecular complexity index is 3170. The van der Waals surface area contributed by atoms with Gasteiger partial charge in [0.1, 0.15) is 22.3 Å². The quantitative estimate of drug-likeness (QED) is 0.170. The van der Waals surface area contributed by atoms with Crippen LogP contribution in [-0.4, -0.2) is 0 Å². The normalized spacial score (nSPS) is 11.8. The SMILES string of the molecule is c1ccc(-c2ccc(N(c3ccc(-c4ccc5c(ccc6ccccc65)c4)cc3)c3cccc4oc5ccccc5c34)c3c2oc2ccccc23)cc1. The van der Waals surface area contributed by atoms with Gasteiger partial charge in [-0.25, -0.2) is 0 Å². The zero-order valence-electron chi connectivity index (χ0n) is 28.7. The predicted molar refractivity (Wildman–Crippen MR) is 222 cm³/mol. The Morgan fingerprint density at radius 3 is 1.79 bits per heavy atom. The summed E-state index contributed by atoms with van der Waals surface area (Å²) in [7, 11) is 0. The Hall–Kier alpha value is -7.10. The lowest BCUT2D eigenvalue weighted by Crippen LogP contribution is -2.11. The highest BCUT2D eigenvalue weighted by atomic mass is 16.3. The number of rotatable bonds is 5. The second-order valence-electron chi connectivity index (χ2n) is 13.7. The van der Waals surface area contributed by atoms with E-state index in [1.54, 1.807) is 0 Å². The molecular formula is C50H31NO2. The van der Waals surface area contributed by atoms with Crippen molar-refractivity contribution in [3.8, 4) is 22.3 Å². The molecule has 3 nitrogen and oxygen atoms in total. The monoisotopic (exact) mass is 677 g/mol. The molecule has 248 valence electrons. The van der Waals surface area contributed by atoms with Gasteiger partial charge in [-0.2, -0.15) is 0 Å². The molecule has 0 aliphatic carbocycles. The smallest absolute Gasteiger partial charge is 0.145 e. The fraction of sp³-hybridized carbons (Fsp3) is 0. The van der Waals surface area contributed by atoms with Gasteiger partial charge in [-0.05, 0) is 92.8 Å². The summed E-state index contributed by atoms with van der Waals surface area (Å²) in [4.78, 5) is 2.37. The Balaban J connectivity index is 1.14. The van der Waals surface area contributed by atoms with Crippen LogP contribution in [0.15, 0.2) is 197 Å². The Morgan fingerprint density at radius 1 is 0.340 bits per heavy atom. The van der Waals surface area contributed by atoms with Gasteiger partial charge in [0.05, 0.1) is 22.1 Å². The Morgan fingerprint density at radius 2 is 0.962 bits per heavy atom. The van der Waals surface area contributed by atoms with E-state index in [0.29, 0.717) is 0 Å². The van der Waals surface area contributed by atoms with Crippen LogP contribution >= 0.6 is 0 Å². The van der Waals surface area contributed by atoms with Gasteiger partial charge in [0.2, 0.25) is 0 Å². The predicted octanol–water partition coefficient (Wildman–Crippen LogP) is 14.6. The van der Waals surface area contributed by atoms with Gasteiger partial charge in [0, 0.05) is 22.0 Å². The van der Waals surface area contributed by atoms with Crippen molar-refractivity contribution >= 4 is 82.5 Å². The zero-order valence-corrected chi connectivity index (χ0v) is 28.7. The molecular weight excluding hydrogens is 647 g/mol. The number of furan rings is 2.